The molecule has 0 atom stereocenters. The number of halogens is 2. The third-order valence-electron chi connectivity index (χ3n) is 2.61. The quantitative estimate of drug-likeness (QED) is 0.890. The molecule has 0 unspecified atom stereocenters. The van der Waals surface area contributed by atoms with Crippen LogP contribution in [0.15, 0.2) is 23.0 Å². The number of hydrogen-bond donors (Lipinski definition) is 2. The van der Waals surface area contributed by atoms with Gasteiger partial charge in [0.05, 0.1) is 15.7 Å². The molecule has 1 aromatic carbocycles. The fourth-order valence-electron chi connectivity index (χ4n) is 1.62. The van der Waals surface area contributed by atoms with Crippen LogP contribution in [0, 0.1) is 0 Å². The van der Waals surface area contributed by atoms with Crippen molar-refractivity contribution in [3.63, 3.8) is 0 Å². The normalized spacial score (nSPS) is 11.4. The molecule has 0 radical (unpaired) electrons. The van der Waals surface area contributed by atoms with Crippen LogP contribution in [0.1, 0.15) is 26.5 Å². The number of aromatic amines is 1. The zero-order valence-electron chi connectivity index (χ0n) is 11.3. The Bertz CT molecular complexity index is 671. The number of hydrogen-bond acceptors (Lipinski definition) is 4. The lowest BCUT2D eigenvalue weighted by molar-refractivity contribution is 0.547. The largest absolute Gasteiger partial charge is 0.322 e. The zero-order chi connectivity index (χ0) is 14.9. The maximum Gasteiger partial charge on any atom is 0.274 e. The van der Waals surface area contributed by atoms with Crippen LogP contribution in [-0.4, -0.2) is 15.2 Å². The molecular weight excluding hydrogens is 299 g/mol. The van der Waals surface area contributed by atoms with Gasteiger partial charge in [0.2, 0.25) is 5.95 Å². The summed E-state index contributed by atoms with van der Waals surface area (Å²) in [5, 5.41) is 11.6. The Morgan fingerprint density at radius 3 is 2.25 bits per heavy atom. The van der Waals surface area contributed by atoms with E-state index in [2.05, 4.69) is 20.5 Å². The number of aromatic nitrogens is 3. The smallest absolute Gasteiger partial charge is 0.274 e. The van der Waals surface area contributed by atoms with E-state index in [9.17, 15) is 4.79 Å². The summed E-state index contributed by atoms with van der Waals surface area (Å²) in [6.45, 7) is 5.68. The van der Waals surface area contributed by atoms with E-state index >= 15 is 0 Å². The summed E-state index contributed by atoms with van der Waals surface area (Å²) >= 11 is 12.1. The van der Waals surface area contributed by atoms with Crippen molar-refractivity contribution in [2.45, 2.75) is 26.2 Å². The van der Waals surface area contributed by atoms with Crippen LogP contribution in [0.25, 0.3) is 0 Å². The average Bonchev–Trinajstić information content (AvgIpc) is 2.32. The van der Waals surface area contributed by atoms with Crippen molar-refractivity contribution >= 4 is 34.8 Å². The second-order valence-corrected chi connectivity index (χ2v) is 6.14. The molecule has 0 bridgehead atoms. The molecule has 2 aromatic rings. The molecular formula is C13H14Cl2N4O. The van der Waals surface area contributed by atoms with Gasteiger partial charge in [0.1, 0.15) is 5.69 Å². The molecule has 0 aliphatic heterocycles. The first-order chi connectivity index (χ1) is 9.29. The van der Waals surface area contributed by atoms with E-state index in [0.29, 0.717) is 21.4 Å². The molecule has 0 amide bonds. The number of nitrogens with one attached hydrogen (secondary N) is 2. The van der Waals surface area contributed by atoms with E-state index < -0.39 is 0 Å². The van der Waals surface area contributed by atoms with E-state index in [1.807, 2.05) is 20.8 Å². The van der Waals surface area contributed by atoms with Crippen molar-refractivity contribution in [2.75, 3.05) is 5.32 Å². The van der Waals surface area contributed by atoms with Gasteiger partial charge >= 0.3 is 0 Å². The Morgan fingerprint density at radius 2 is 1.75 bits per heavy atom. The van der Waals surface area contributed by atoms with E-state index in [1.165, 1.54) is 0 Å². The highest BCUT2D eigenvalue weighted by molar-refractivity contribution is 6.39. The summed E-state index contributed by atoms with van der Waals surface area (Å²) in [6.07, 6.45) is 0. The van der Waals surface area contributed by atoms with Gasteiger partial charge in [0, 0.05) is 5.41 Å². The minimum Gasteiger partial charge on any atom is -0.322 e. The fraction of sp³-hybridized carbons (Fsp3) is 0.308. The van der Waals surface area contributed by atoms with Crippen LogP contribution in [-0.2, 0) is 5.41 Å². The van der Waals surface area contributed by atoms with Gasteiger partial charge in [-0.25, -0.2) is 0 Å². The fourth-order valence-corrected chi connectivity index (χ4v) is 2.11. The minimum absolute atomic E-state index is 0.193. The predicted molar refractivity (Wildman–Crippen MR) is 81.1 cm³/mol. The Balaban J connectivity index is 2.37. The van der Waals surface area contributed by atoms with E-state index in [0.717, 1.165) is 0 Å². The molecule has 0 aliphatic rings. The van der Waals surface area contributed by atoms with E-state index in [-0.39, 0.29) is 16.9 Å². The molecule has 0 spiro atoms. The maximum absolute atomic E-state index is 12.0. The number of nitrogens with zero attached hydrogens (tertiary/aromatic N) is 2. The van der Waals surface area contributed by atoms with Gasteiger partial charge in [-0.2, -0.15) is 0 Å². The first kappa shape index (κ1) is 14.8. The molecule has 2 rings (SSSR count). The molecule has 0 saturated heterocycles. The molecule has 2 N–H and O–H groups in total. The van der Waals surface area contributed by atoms with Crippen molar-refractivity contribution in [1.82, 2.24) is 15.2 Å². The number of H-pyrrole nitrogens is 1. The van der Waals surface area contributed by atoms with Crippen molar-refractivity contribution < 1.29 is 0 Å². The highest BCUT2D eigenvalue weighted by Crippen LogP contribution is 2.31. The summed E-state index contributed by atoms with van der Waals surface area (Å²) in [5.74, 6) is 0.193. The lowest BCUT2D eigenvalue weighted by Gasteiger charge is -2.16. The van der Waals surface area contributed by atoms with Crippen LogP contribution in [0.2, 0.25) is 10.0 Å². The zero-order valence-corrected chi connectivity index (χ0v) is 12.8. The Labute approximate surface area is 126 Å². The topological polar surface area (TPSA) is 70.7 Å². The summed E-state index contributed by atoms with van der Waals surface area (Å²) in [4.78, 5) is 14.6. The second kappa shape index (κ2) is 5.42. The highest BCUT2D eigenvalue weighted by Gasteiger charge is 2.20. The number of para-hydroxylation sites is 1. The third kappa shape index (κ3) is 3.11. The number of anilines is 2. The molecule has 0 fully saturated rings. The van der Waals surface area contributed by atoms with Gasteiger partial charge in [0.15, 0.2) is 0 Å². The van der Waals surface area contributed by atoms with Crippen molar-refractivity contribution in [3.05, 3.63) is 44.3 Å². The molecule has 5 nitrogen and oxygen atoms in total. The molecule has 7 heteroatoms. The maximum atomic E-state index is 12.0. The van der Waals surface area contributed by atoms with Crippen LogP contribution in [0.4, 0.5) is 11.6 Å². The molecule has 20 heavy (non-hydrogen) atoms. The molecule has 0 aliphatic carbocycles. The average molecular weight is 313 g/mol. The SMILES string of the molecule is CC(C)(C)c1nnc(Nc2c(Cl)cccc2Cl)[nH]c1=O. The summed E-state index contributed by atoms with van der Waals surface area (Å²) in [7, 11) is 0. The van der Waals surface area contributed by atoms with Crippen LogP contribution in [0.5, 0.6) is 0 Å². The Hall–Kier alpha value is -1.59. The van der Waals surface area contributed by atoms with Gasteiger partial charge in [-0.05, 0) is 12.1 Å². The highest BCUT2D eigenvalue weighted by atomic mass is 35.5. The van der Waals surface area contributed by atoms with Gasteiger partial charge in [-0.3, -0.25) is 9.78 Å². The van der Waals surface area contributed by atoms with Gasteiger partial charge < -0.3 is 5.32 Å². The van der Waals surface area contributed by atoms with Crippen molar-refractivity contribution in [1.29, 1.82) is 0 Å². The first-order valence-electron chi connectivity index (χ1n) is 5.97. The monoisotopic (exact) mass is 312 g/mol. The van der Waals surface area contributed by atoms with Crippen molar-refractivity contribution in [2.24, 2.45) is 0 Å². The van der Waals surface area contributed by atoms with Crippen LogP contribution < -0.4 is 10.9 Å². The summed E-state index contributed by atoms with van der Waals surface area (Å²) in [6, 6.07) is 5.10. The van der Waals surface area contributed by atoms with Gasteiger partial charge in [-0.15, -0.1) is 10.2 Å². The summed E-state index contributed by atoms with van der Waals surface area (Å²) < 4.78 is 0. The molecule has 1 aromatic heterocycles. The van der Waals surface area contributed by atoms with Crippen molar-refractivity contribution in [3.8, 4) is 0 Å². The second-order valence-electron chi connectivity index (χ2n) is 5.32. The molecule has 106 valence electrons. The Morgan fingerprint density at radius 1 is 1.15 bits per heavy atom. The third-order valence-corrected chi connectivity index (χ3v) is 3.24. The van der Waals surface area contributed by atoms with Crippen LogP contribution in [0.3, 0.4) is 0 Å². The lowest BCUT2D eigenvalue weighted by Crippen LogP contribution is -2.28. The predicted octanol–water partition coefficient (Wildman–Crippen LogP) is 3.51. The van der Waals surface area contributed by atoms with Gasteiger partial charge in [-0.1, -0.05) is 50.0 Å². The molecule has 0 saturated carbocycles. The Kier molecular flexibility index (Phi) is 4.01. The lowest BCUT2D eigenvalue weighted by atomic mass is 9.93. The number of rotatable bonds is 2. The standard InChI is InChI=1S/C13H14Cl2N4O/c1-13(2,3)10-11(20)17-12(19-18-10)16-9-7(14)5-4-6-8(9)15/h4-6H,1-3H3,(H2,16,17,19,20). The van der Waals surface area contributed by atoms with E-state index in [1.54, 1.807) is 18.2 Å². The molecule has 1 heterocycles. The first-order valence-corrected chi connectivity index (χ1v) is 6.73. The number of benzene rings is 1. The minimum atomic E-state index is -0.374. The van der Waals surface area contributed by atoms with Crippen LogP contribution >= 0.6 is 23.2 Å². The summed E-state index contributed by atoms with van der Waals surface area (Å²) in [5.41, 5.74) is 0.178. The van der Waals surface area contributed by atoms with E-state index in [4.69, 9.17) is 23.2 Å². The van der Waals surface area contributed by atoms with Gasteiger partial charge in [0.25, 0.3) is 5.56 Å².